The summed E-state index contributed by atoms with van der Waals surface area (Å²) < 4.78 is 19.0. The van der Waals surface area contributed by atoms with Gasteiger partial charge < -0.3 is 9.52 Å². The van der Waals surface area contributed by atoms with Gasteiger partial charge in [-0.15, -0.1) is 0 Å². The van der Waals surface area contributed by atoms with E-state index in [9.17, 15) is 9.65 Å². The van der Waals surface area contributed by atoms with Crippen LogP contribution in [0.3, 0.4) is 0 Å². The molecule has 2 aromatic rings. The second-order valence-corrected chi connectivity index (χ2v) is 4.15. The van der Waals surface area contributed by atoms with Gasteiger partial charge in [-0.3, -0.25) is 0 Å². The minimum absolute atomic E-state index is 0.113. The van der Waals surface area contributed by atoms with Gasteiger partial charge >= 0.3 is 0 Å². The average molecular weight is 260 g/mol. The van der Waals surface area contributed by atoms with Crippen LogP contribution in [-0.2, 0) is 0 Å². The van der Waals surface area contributed by atoms with Crippen LogP contribution in [0.25, 0.3) is 0 Å². The second kappa shape index (κ2) is 6.12. The largest absolute Gasteiger partial charge is 0.448 e. The molecule has 2 rings (SSSR count). The molecule has 2 atom stereocenters. The standard InChI is InChI=1S/C14H13FN2O2/c15-13-4-2-1-3-10(13)12(7-16)11(5-6-18)14-8-17-9-19-14/h1-4,8-9,11-12,18H,5-6H2/t11-,12-/m1/s1. The molecule has 0 bridgehead atoms. The monoisotopic (exact) mass is 260 g/mol. The normalized spacial score (nSPS) is 13.7. The number of hydrogen-bond donors (Lipinski definition) is 1. The molecule has 0 fully saturated rings. The predicted molar refractivity (Wildman–Crippen MR) is 65.7 cm³/mol. The lowest BCUT2D eigenvalue weighted by Crippen LogP contribution is -2.12. The van der Waals surface area contributed by atoms with Gasteiger partial charge in [0.25, 0.3) is 0 Å². The second-order valence-electron chi connectivity index (χ2n) is 4.15. The Labute approximate surface area is 110 Å². The maximum Gasteiger partial charge on any atom is 0.180 e. The molecule has 0 saturated carbocycles. The first-order valence-electron chi connectivity index (χ1n) is 5.91. The molecule has 1 heterocycles. The number of nitriles is 1. The van der Waals surface area contributed by atoms with Crippen molar-refractivity contribution in [1.29, 1.82) is 5.26 Å². The fourth-order valence-corrected chi connectivity index (χ4v) is 2.12. The molecule has 0 amide bonds. The Morgan fingerprint density at radius 1 is 1.42 bits per heavy atom. The van der Waals surface area contributed by atoms with Gasteiger partial charge in [-0.25, -0.2) is 9.37 Å². The maximum absolute atomic E-state index is 13.8. The molecule has 0 aliphatic heterocycles. The van der Waals surface area contributed by atoms with Crippen LogP contribution in [0.1, 0.15) is 29.6 Å². The van der Waals surface area contributed by atoms with E-state index < -0.39 is 17.7 Å². The van der Waals surface area contributed by atoms with Crippen LogP contribution in [0.2, 0.25) is 0 Å². The third-order valence-electron chi connectivity index (χ3n) is 3.04. The Balaban J connectivity index is 2.39. The minimum atomic E-state index is -0.721. The van der Waals surface area contributed by atoms with Crippen molar-refractivity contribution in [3.05, 3.63) is 54.0 Å². The molecule has 0 unspecified atom stereocenters. The lowest BCUT2D eigenvalue weighted by atomic mass is 9.83. The number of benzene rings is 1. The molecular weight excluding hydrogens is 247 g/mol. The van der Waals surface area contributed by atoms with Gasteiger partial charge in [0.2, 0.25) is 0 Å². The van der Waals surface area contributed by atoms with Crippen LogP contribution in [0.4, 0.5) is 4.39 Å². The highest BCUT2D eigenvalue weighted by Gasteiger charge is 2.28. The number of hydrogen-bond acceptors (Lipinski definition) is 4. The van der Waals surface area contributed by atoms with Crippen LogP contribution < -0.4 is 0 Å². The topological polar surface area (TPSA) is 70.0 Å². The van der Waals surface area contributed by atoms with Crippen LogP contribution in [-0.4, -0.2) is 16.7 Å². The molecule has 0 saturated heterocycles. The Kier molecular flexibility index (Phi) is 4.26. The van der Waals surface area contributed by atoms with E-state index in [2.05, 4.69) is 11.1 Å². The number of rotatable bonds is 5. The van der Waals surface area contributed by atoms with E-state index in [4.69, 9.17) is 9.52 Å². The lowest BCUT2D eigenvalue weighted by Gasteiger charge is -2.19. The highest BCUT2D eigenvalue weighted by molar-refractivity contribution is 5.30. The van der Waals surface area contributed by atoms with Crippen LogP contribution in [0.15, 0.2) is 41.3 Å². The van der Waals surface area contributed by atoms with Gasteiger partial charge in [-0.1, -0.05) is 18.2 Å². The third-order valence-corrected chi connectivity index (χ3v) is 3.04. The summed E-state index contributed by atoms with van der Waals surface area (Å²) in [5.41, 5.74) is 0.305. The van der Waals surface area contributed by atoms with E-state index in [0.717, 1.165) is 0 Å². The highest BCUT2D eigenvalue weighted by atomic mass is 19.1. The van der Waals surface area contributed by atoms with Gasteiger partial charge in [-0.05, 0) is 12.5 Å². The quantitative estimate of drug-likeness (QED) is 0.897. The maximum atomic E-state index is 13.8. The summed E-state index contributed by atoms with van der Waals surface area (Å²) in [6.07, 6.45) is 3.06. The van der Waals surface area contributed by atoms with Gasteiger partial charge in [0.1, 0.15) is 11.6 Å². The minimum Gasteiger partial charge on any atom is -0.448 e. The fourth-order valence-electron chi connectivity index (χ4n) is 2.12. The summed E-state index contributed by atoms with van der Waals surface area (Å²) in [4.78, 5) is 3.81. The Morgan fingerprint density at radius 2 is 2.21 bits per heavy atom. The van der Waals surface area contributed by atoms with Crippen molar-refractivity contribution in [2.24, 2.45) is 0 Å². The molecule has 98 valence electrons. The fraction of sp³-hybridized carbons (Fsp3) is 0.286. The first-order valence-corrected chi connectivity index (χ1v) is 5.91. The van der Waals surface area contributed by atoms with Crippen molar-refractivity contribution in [3.8, 4) is 6.07 Å². The van der Waals surface area contributed by atoms with Gasteiger partial charge in [0.05, 0.1) is 18.2 Å². The molecule has 1 aromatic carbocycles. The van der Waals surface area contributed by atoms with Crippen LogP contribution in [0, 0.1) is 17.1 Å². The van der Waals surface area contributed by atoms with E-state index >= 15 is 0 Å². The molecule has 1 N–H and O–H groups in total. The van der Waals surface area contributed by atoms with Crippen molar-refractivity contribution in [2.75, 3.05) is 6.61 Å². The molecule has 4 nitrogen and oxygen atoms in total. The molecule has 19 heavy (non-hydrogen) atoms. The number of aliphatic hydroxyl groups excluding tert-OH is 1. The van der Waals surface area contributed by atoms with E-state index in [1.807, 2.05) is 0 Å². The van der Waals surface area contributed by atoms with E-state index in [1.54, 1.807) is 18.2 Å². The Morgan fingerprint density at radius 3 is 2.79 bits per heavy atom. The molecule has 1 aromatic heterocycles. The van der Waals surface area contributed by atoms with Crippen molar-refractivity contribution < 1.29 is 13.9 Å². The molecule has 5 heteroatoms. The summed E-state index contributed by atoms with van der Waals surface area (Å²) in [6, 6.07) is 8.23. The van der Waals surface area contributed by atoms with Crippen molar-refractivity contribution in [2.45, 2.75) is 18.3 Å². The SMILES string of the molecule is N#C[C@H](c1ccccc1F)[C@@H](CCO)c1cnco1. The molecule has 0 aliphatic carbocycles. The average Bonchev–Trinajstić information content (AvgIpc) is 2.94. The van der Waals surface area contributed by atoms with Gasteiger partial charge in [0.15, 0.2) is 6.39 Å². The van der Waals surface area contributed by atoms with E-state index in [1.165, 1.54) is 18.7 Å². The Hall–Kier alpha value is -2.19. The number of aromatic nitrogens is 1. The zero-order chi connectivity index (χ0) is 13.7. The van der Waals surface area contributed by atoms with Crippen molar-refractivity contribution in [1.82, 2.24) is 4.98 Å². The summed E-state index contributed by atoms with van der Waals surface area (Å²) in [6.45, 7) is -0.113. The number of oxazole rings is 1. The zero-order valence-corrected chi connectivity index (χ0v) is 10.2. The lowest BCUT2D eigenvalue weighted by molar-refractivity contribution is 0.262. The third kappa shape index (κ3) is 2.80. The van der Waals surface area contributed by atoms with E-state index in [-0.39, 0.29) is 6.61 Å². The van der Waals surface area contributed by atoms with Gasteiger partial charge in [-0.2, -0.15) is 5.26 Å². The molecular formula is C14H13FN2O2. The molecule has 0 aliphatic rings. The summed E-state index contributed by atoms with van der Waals surface area (Å²) in [5.74, 6) is -1.10. The summed E-state index contributed by atoms with van der Waals surface area (Å²) in [5, 5.41) is 18.5. The van der Waals surface area contributed by atoms with Crippen molar-refractivity contribution >= 4 is 0 Å². The predicted octanol–water partition coefficient (Wildman–Crippen LogP) is 2.59. The summed E-state index contributed by atoms with van der Waals surface area (Å²) in [7, 11) is 0. The molecule has 0 spiro atoms. The first-order chi connectivity index (χ1) is 9.27. The number of aliphatic hydroxyl groups is 1. The number of halogens is 1. The Bertz CT molecular complexity index is 563. The van der Waals surface area contributed by atoms with Crippen LogP contribution in [0.5, 0.6) is 0 Å². The van der Waals surface area contributed by atoms with Crippen LogP contribution >= 0.6 is 0 Å². The van der Waals surface area contributed by atoms with Crippen molar-refractivity contribution in [3.63, 3.8) is 0 Å². The van der Waals surface area contributed by atoms with E-state index in [0.29, 0.717) is 17.7 Å². The highest BCUT2D eigenvalue weighted by Crippen LogP contribution is 2.36. The summed E-state index contributed by atoms with van der Waals surface area (Å²) >= 11 is 0. The van der Waals surface area contributed by atoms with Gasteiger partial charge in [0, 0.05) is 18.1 Å². The first kappa shape index (κ1) is 13.2. The smallest absolute Gasteiger partial charge is 0.180 e. The molecule has 0 radical (unpaired) electrons. The number of nitrogens with zero attached hydrogens (tertiary/aromatic N) is 2. The zero-order valence-electron chi connectivity index (χ0n) is 10.2.